The molecule has 0 unspecified atom stereocenters. The van der Waals surface area contributed by atoms with Crippen LogP contribution in [0.3, 0.4) is 0 Å². The summed E-state index contributed by atoms with van der Waals surface area (Å²) in [6, 6.07) is 11.3. The van der Waals surface area contributed by atoms with E-state index >= 15 is 0 Å². The zero-order chi connectivity index (χ0) is 16.7. The molecule has 118 valence electrons. The highest BCUT2D eigenvalue weighted by molar-refractivity contribution is 7.22. The number of hydrogen-bond donors (Lipinski definition) is 2. The summed E-state index contributed by atoms with van der Waals surface area (Å²) in [6.45, 7) is 1.95. The Kier molecular flexibility index (Phi) is 3.35. The summed E-state index contributed by atoms with van der Waals surface area (Å²) in [4.78, 5) is 20.9. The Bertz CT molecular complexity index is 1070. The van der Waals surface area contributed by atoms with Gasteiger partial charge in [0.25, 0.3) is 0 Å². The lowest BCUT2D eigenvalue weighted by Crippen LogP contribution is -1.95. The van der Waals surface area contributed by atoms with Crippen LogP contribution in [0, 0.1) is 6.92 Å². The molecule has 4 heterocycles. The van der Waals surface area contributed by atoms with Crippen LogP contribution in [-0.4, -0.2) is 31.2 Å². The molecule has 2 N–H and O–H groups in total. The van der Waals surface area contributed by atoms with Gasteiger partial charge in [0.2, 0.25) is 0 Å². The first-order valence-corrected chi connectivity index (χ1v) is 8.05. The highest BCUT2D eigenvalue weighted by Gasteiger charge is 2.14. The van der Waals surface area contributed by atoms with E-state index in [1.807, 2.05) is 37.3 Å². The number of nitrogens with zero attached hydrogens (tertiary/aromatic N) is 3. The van der Waals surface area contributed by atoms with Gasteiger partial charge in [-0.15, -0.1) is 11.3 Å². The van der Waals surface area contributed by atoms with Crippen molar-refractivity contribution in [1.82, 2.24) is 20.2 Å². The van der Waals surface area contributed by atoms with Gasteiger partial charge < -0.3 is 5.11 Å². The Morgan fingerprint density at radius 1 is 1.25 bits per heavy atom. The number of rotatable bonds is 3. The third-order valence-corrected chi connectivity index (χ3v) is 4.77. The Balaban J connectivity index is 1.86. The molecule has 6 nitrogen and oxygen atoms in total. The van der Waals surface area contributed by atoms with Crippen molar-refractivity contribution in [3.05, 3.63) is 54.0 Å². The van der Waals surface area contributed by atoms with Crippen LogP contribution in [0.4, 0.5) is 0 Å². The minimum absolute atomic E-state index is 0.00107. The SMILES string of the molecule is Cc1cccc(-c2nccc3sc(-c4cc(C(=O)O)n[nH]4)cc23)n1. The van der Waals surface area contributed by atoms with Gasteiger partial charge in [-0.25, -0.2) is 4.79 Å². The maximum atomic E-state index is 11.0. The van der Waals surface area contributed by atoms with Gasteiger partial charge in [0.05, 0.1) is 22.0 Å². The molecule has 0 saturated carbocycles. The van der Waals surface area contributed by atoms with Crippen LogP contribution < -0.4 is 0 Å². The van der Waals surface area contributed by atoms with Crippen molar-refractivity contribution in [3.63, 3.8) is 0 Å². The normalized spacial score (nSPS) is 11.0. The van der Waals surface area contributed by atoms with Crippen LogP contribution in [0.2, 0.25) is 0 Å². The average Bonchev–Trinajstić information content (AvgIpc) is 3.21. The molecule has 4 aromatic heterocycles. The Hall–Kier alpha value is -3.06. The van der Waals surface area contributed by atoms with E-state index in [4.69, 9.17) is 5.11 Å². The maximum absolute atomic E-state index is 11.0. The van der Waals surface area contributed by atoms with Crippen molar-refractivity contribution < 1.29 is 9.90 Å². The molecule has 0 spiro atoms. The van der Waals surface area contributed by atoms with Crippen molar-refractivity contribution in [2.24, 2.45) is 0 Å². The van der Waals surface area contributed by atoms with Crippen LogP contribution in [0.5, 0.6) is 0 Å². The van der Waals surface area contributed by atoms with Gasteiger partial charge in [0.1, 0.15) is 0 Å². The first kappa shape index (κ1) is 14.5. The van der Waals surface area contributed by atoms with Crippen molar-refractivity contribution in [3.8, 4) is 22.0 Å². The van der Waals surface area contributed by atoms with E-state index in [-0.39, 0.29) is 5.69 Å². The molecule has 0 radical (unpaired) electrons. The van der Waals surface area contributed by atoms with E-state index in [9.17, 15) is 4.79 Å². The standard InChI is InChI=1S/C17H12N4O2S/c1-9-3-2-4-11(19-9)16-10-7-15(24-14(10)5-6-18-16)12-8-13(17(22)23)21-20-12/h2-8H,1H3,(H,20,21)(H,22,23). The van der Waals surface area contributed by atoms with Crippen LogP contribution in [0.1, 0.15) is 16.2 Å². The summed E-state index contributed by atoms with van der Waals surface area (Å²) in [5, 5.41) is 16.6. The predicted molar refractivity (Wildman–Crippen MR) is 92.1 cm³/mol. The summed E-state index contributed by atoms with van der Waals surface area (Å²) in [7, 11) is 0. The highest BCUT2D eigenvalue weighted by Crippen LogP contribution is 2.36. The largest absolute Gasteiger partial charge is 0.476 e. The maximum Gasteiger partial charge on any atom is 0.356 e. The second kappa shape index (κ2) is 5.54. The Morgan fingerprint density at radius 3 is 2.88 bits per heavy atom. The zero-order valence-electron chi connectivity index (χ0n) is 12.6. The number of aromatic nitrogens is 4. The lowest BCUT2D eigenvalue weighted by Gasteiger charge is -2.02. The molecular formula is C17H12N4O2S. The number of hydrogen-bond acceptors (Lipinski definition) is 5. The summed E-state index contributed by atoms with van der Waals surface area (Å²) in [6.07, 6.45) is 1.76. The number of fused-ring (bicyclic) bond motifs is 1. The fraction of sp³-hybridized carbons (Fsp3) is 0.0588. The van der Waals surface area contributed by atoms with Gasteiger partial charge in [-0.2, -0.15) is 5.10 Å². The number of carbonyl (C=O) groups is 1. The van der Waals surface area contributed by atoms with Gasteiger partial charge in [0, 0.05) is 22.0 Å². The van der Waals surface area contributed by atoms with Gasteiger partial charge in [-0.1, -0.05) is 6.07 Å². The number of aryl methyl sites for hydroxylation is 1. The van der Waals surface area contributed by atoms with E-state index in [0.717, 1.165) is 32.0 Å². The Labute approximate surface area is 140 Å². The topological polar surface area (TPSA) is 91.8 Å². The molecule has 4 aromatic rings. The summed E-state index contributed by atoms with van der Waals surface area (Å²) < 4.78 is 1.06. The number of carboxylic acids is 1. The smallest absolute Gasteiger partial charge is 0.356 e. The molecule has 0 aliphatic carbocycles. The summed E-state index contributed by atoms with van der Waals surface area (Å²) in [5.74, 6) is -1.05. The fourth-order valence-corrected chi connectivity index (χ4v) is 3.55. The fourth-order valence-electron chi connectivity index (χ4n) is 2.53. The monoisotopic (exact) mass is 336 g/mol. The number of aromatic amines is 1. The summed E-state index contributed by atoms with van der Waals surface area (Å²) >= 11 is 1.56. The second-order valence-electron chi connectivity index (χ2n) is 5.32. The molecule has 0 aromatic carbocycles. The molecule has 0 aliphatic heterocycles. The molecule has 0 aliphatic rings. The van der Waals surface area contributed by atoms with Gasteiger partial charge >= 0.3 is 5.97 Å². The molecule has 0 saturated heterocycles. The zero-order valence-corrected chi connectivity index (χ0v) is 13.5. The number of H-pyrrole nitrogens is 1. The van der Waals surface area contributed by atoms with Crippen molar-refractivity contribution in [2.45, 2.75) is 6.92 Å². The molecule has 7 heteroatoms. The molecule has 0 bridgehead atoms. The first-order chi connectivity index (χ1) is 11.6. The number of thiophene rings is 1. The number of carboxylic acid groups (broad SMARTS) is 1. The highest BCUT2D eigenvalue weighted by atomic mass is 32.1. The van der Waals surface area contributed by atoms with Crippen LogP contribution >= 0.6 is 11.3 Å². The molecule has 0 atom stereocenters. The Morgan fingerprint density at radius 2 is 2.12 bits per heavy atom. The van der Waals surface area contributed by atoms with E-state index in [1.54, 1.807) is 17.5 Å². The molecule has 0 amide bonds. The van der Waals surface area contributed by atoms with Crippen molar-refractivity contribution in [2.75, 3.05) is 0 Å². The molecule has 4 rings (SSSR count). The first-order valence-electron chi connectivity index (χ1n) is 7.23. The lowest BCUT2D eigenvalue weighted by atomic mass is 10.1. The van der Waals surface area contributed by atoms with Crippen molar-refractivity contribution in [1.29, 1.82) is 0 Å². The third-order valence-electron chi connectivity index (χ3n) is 3.64. The minimum Gasteiger partial charge on any atom is -0.476 e. The number of nitrogens with one attached hydrogen (secondary N) is 1. The molecule has 24 heavy (non-hydrogen) atoms. The molecular weight excluding hydrogens is 324 g/mol. The van der Waals surface area contributed by atoms with Crippen LogP contribution in [-0.2, 0) is 0 Å². The van der Waals surface area contributed by atoms with E-state index in [1.165, 1.54) is 6.07 Å². The third kappa shape index (κ3) is 2.44. The van der Waals surface area contributed by atoms with Gasteiger partial charge in [0.15, 0.2) is 5.69 Å². The quantitative estimate of drug-likeness (QED) is 0.594. The number of aromatic carboxylic acids is 1. The van der Waals surface area contributed by atoms with E-state index in [0.29, 0.717) is 5.69 Å². The lowest BCUT2D eigenvalue weighted by molar-refractivity contribution is 0.0690. The summed E-state index contributed by atoms with van der Waals surface area (Å²) in [5.41, 5.74) is 3.25. The average molecular weight is 336 g/mol. The minimum atomic E-state index is -1.05. The number of pyridine rings is 2. The van der Waals surface area contributed by atoms with Gasteiger partial charge in [-0.05, 0) is 37.3 Å². The second-order valence-corrected chi connectivity index (χ2v) is 6.40. The van der Waals surface area contributed by atoms with Crippen LogP contribution in [0.15, 0.2) is 42.6 Å². The predicted octanol–water partition coefficient (Wildman–Crippen LogP) is 3.76. The van der Waals surface area contributed by atoms with Crippen LogP contribution in [0.25, 0.3) is 32.0 Å². The van der Waals surface area contributed by atoms with E-state index < -0.39 is 5.97 Å². The van der Waals surface area contributed by atoms with Gasteiger partial charge in [-0.3, -0.25) is 15.1 Å². The van der Waals surface area contributed by atoms with Crippen molar-refractivity contribution >= 4 is 27.4 Å². The molecule has 0 fully saturated rings. The van der Waals surface area contributed by atoms with E-state index in [2.05, 4.69) is 20.2 Å².